The van der Waals surface area contributed by atoms with Crippen LogP contribution in [0.25, 0.3) is 0 Å². The van der Waals surface area contributed by atoms with Crippen molar-refractivity contribution in [3.05, 3.63) is 28.8 Å². The standard InChI is InChI=1S/C13H17ClN2O.ClH/c14-11-6-5-10(9-12(11)15)13(17)16-7-3-1-2-4-8-16;/h5-6,9H,1-4,7-8,15H2;1H. The van der Waals surface area contributed by atoms with Crippen LogP contribution in [0.1, 0.15) is 36.0 Å². The molecule has 100 valence electrons. The summed E-state index contributed by atoms with van der Waals surface area (Å²) in [5, 5.41) is 0.498. The van der Waals surface area contributed by atoms with Crippen LogP contribution in [0.15, 0.2) is 18.2 Å². The van der Waals surface area contributed by atoms with Crippen LogP contribution in [-0.4, -0.2) is 23.9 Å². The summed E-state index contributed by atoms with van der Waals surface area (Å²) in [5.74, 6) is 0.0651. The Kier molecular flexibility index (Phi) is 5.76. The summed E-state index contributed by atoms with van der Waals surface area (Å²) >= 11 is 5.85. The number of hydrogen-bond acceptors (Lipinski definition) is 2. The molecule has 3 nitrogen and oxygen atoms in total. The Morgan fingerprint density at radius 2 is 1.78 bits per heavy atom. The van der Waals surface area contributed by atoms with Gasteiger partial charge in [-0.25, -0.2) is 0 Å². The molecule has 0 radical (unpaired) electrons. The minimum atomic E-state index is 0. The van der Waals surface area contributed by atoms with Crippen molar-refractivity contribution in [1.82, 2.24) is 4.90 Å². The van der Waals surface area contributed by atoms with Gasteiger partial charge in [-0.3, -0.25) is 4.79 Å². The molecule has 0 aromatic heterocycles. The number of carbonyl (C=O) groups excluding carboxylic acids is 1. The number of amides is 1. The summed E-state index contributed by atoms with van der Waals surface area (Å²) in [6.45, 7) is 1.70. The van der Waals surface area contributed by atoms with Gasteiger partial charge in [0.15, 0.2) is 0 Å². The predicted molar refractivity (Wildman–Crippen MR) is 77.5 cm³/mol. The number of nitrogens with two attached hydrogens (primary N) is 1. The van der Waals surface area contributed by atoms with Crippen molar-refractivity contribution in [2.75, 3.05) is 18.8 Å². The molecular formula is C13H18Cl2N2O. The average molecular weight is 289 g/mol. The number of halogens is 2. The van der Waals surface area contributed by atoms with E-state index in [9.17, 15) is 4.79 Å². The van der Waals surface area contributed by atoms with Crippen molar-refractivity contribution < 1.29 is 4.79 Å². The van der Waals surface area contributed by atoms with Gasteiger partial charge in [-0.05, 0) is 31.0 Å². The molecule has 2 rings (SSSR count). The largest absolute Gasteiger partial charge is 0.398 e. The predicted octanol–water partition coefficient (Wildman–Crippen LogP) is 3.36. The summed E-state index contributed by atoms with van der Waals surface area (Å²) in [5.41, 5.74) is 6.81. The van der Waals surface area contributed by atoms with Crippen LogP contribution in [0.4, 0.5) is 5.69 Å². The number of carbonyl (C=O) groups is 1. The Morgan fingerprint density at radius 1 is 1.17 bits per heavy atom. The SMILES string of the molecule is Cl.Nc1cc(C(=O)N2CCCCCC2)ccc1Cl. The Balaban J connectivity index is 0.00000162. The van der Waals surface area contributed by atoms with Gasteiger partial charge in [0, 0.05) is 18.7 Å². The molecule has 0 spiro atoms. The molecule has 1 fully saturated rings. The lowest BCUT2D eigenvalue weighted by atomic mass is 10.1. The third-order valence-electron chi connectivity index (χ3n) is 3.14. The molecule has 0 aliphatic carbocycles. The number of likely N-dealkylation sites (tertiary alicyclic amines) is 1. The number of nitrogens with zero attached hydrogens (tertiary/aromatic N) is 1. The normalized spacial score (nSPS) is 15.7. The minimum absolute atomic E-state index is 0. The Hall–Kier alpha value is -0.930. The van der Waals surface area contributed by atoms with Gasteiger partial charge in [0.05, 0.1) is 10.7 Å². The van der Waals surface area contributed by atoms with Crippen molar-refractivity contribution >= 4 is 35.6 Å². The number of hydrogen-bond donors (Lipinski definition) is 1. The van der Waals surface area contributed by atoms with Gasteiger partial charge in [0.1, 0.15) is 0 Å². The number of anilines is 1. The second-order valence-corrected chi connectivity index (χ2v) is 4.85. The highest BCUT2D eigenvalue weighted by atomic mass is 35.5. The molecule has 1 aliphatic heterocycles. The summed E-state index contributed by atoms with van der Waals surface area (Å²) < 4.78 is 0. The third-order valence-corrected chi connectivity index (χ3v) is 3.48. The van der Waals surface area contributed by atoms with Crippen LogP contribution in [-0.2, 0) is 0 Å². The van der Waals surface area contributed by atoms with E-state index in [0.29, 0.717) is 16.3 Å². The van der Waals surface area contributed by atoms with E-state index in [1.165, 1.54) is 12.8 Å². The van der Waals surface area contributed by atoms with Crippen molar-refractivity contribution in [3.8, 4) is 0 Å². The molecule has 1 amide bonds. The van der Waals surface area contributed by atoms with Crippen LogP contribution in [0, 0.1) is 0 Å². The van der Waals surface area contributed by atoms with E-state index in [4.69, 9.17) is 17.3 Å². The van der Waals surface area contributed by atoms with Gasteiger partial charge in [-0.1, -0.05) is 24.4 Å². The molecule has 0 unspecified atom stereocenters. The zero-order valence-electron chi connectivity index (χ0n) is 10.2. The highest BCUT2D eigenvalue weighted by Crippen LogP contribution is 2.21. The summed E-state index contributed by atoms with van der Waals surface area (Å²) in [7, 11) is 0. The zero-order valence-corrected chi connectivity index (χ0v) is 11.8. The van der Waals surface area contributed by atoms with Crippen LogP contribution in [0.2, 0.25) is 5.02 Å². The summed E-state index contributed by atoms with van der Waals surface area (Å²) in [6.07, 6.45) is 4.61. The van der Waals surface area contributed by atoms with Crippen molar-refractivity contribution in [1.29, 1.82) is 0 Å². The lowest BCUT2D eigenvalue weighted by Crippen LogP contribution is -2.31. The van der Waals surface area contributed by atoms with E-state index < -0.39 is 0 Å². The molecule has 0 saturated carbocycles. The van der Waals surface area contributed by atoms with Gasteiger partial charge in [0.2, 0.25) is 0 Å². The Bertz CT molecular complexity index is 415. The van der Waals surface area contributed by atoms with Crippen LogP contribution < -0.4 is 5.73 Å². The highest BCUT2D eigenvalue weighted by molar-refractivity contribution is 6.33. The maximum atomic E-state index is 12.2. The van der Waals surface area contributed by atoms with Gasteiger partial charge in [0.25, 0.3) is 5.91 Å². The number of nitrogen functional groups attached to an aromatic ring is 1. The first-order chi connectivity index (χ1) is 8.18. The van der Waals surface area contributed by atoms with Gasteiger partial charge >= 0.3 is 0 Å². The second-order valence-electron chi connectivity index (χ2n) is 4.44. The molecule has 1 aliphatic rings. The van der Waals surface area contributed by atoms with Crippen LogP contribution in [0.5, 0.6) is 0 Å². The fourth-order valence-corrected chi connectivity index (χ4v) is 2.25. The summed E-state index contributed by atoms with van der Waals surface area (Å²) in [6, 6.07) is 5.09. The third kappa shape index (κ3) is 3.53. The lowest BCUT2D eigenvalue weighted by Gasteiger charge is -2.20. The number of rotatable bonds is 1. The smallest absolute Gasteiger partial charge is 0.253 e. The van der Waals surface area contributed by atoms with E-state index in [-0.39, 0.29) is 18.3 Å². The molecule has 0 atom stereocenters. The molecule has 1 aromatic carbocycles. The van der Waals surface area contributed by atoms with E-state index in [1.807, 2.05) is 4.90 Å². The lowest BCUT2D eigenvalue weighted by molar-refractivity contribution is 0.0761. The molecule has 1 saturated heterocycles. The van der Waals surface area contributed by atoms with Gasteiger partial charge in [-0.2, -0.15) is 0 Å². The molecule has 1 heterocycles. The van der Waals surface area contributed by atoms with E-state index in [1.54, 1.807) is 18.2 Å². The van der Waals surface area contributed by atoms with Gasteiger partial charge < -0.3 is 10.6 Å². The molecular weight excluding hydrogens is 271 g/mol. The van der Waals surface area contributed by atoms with Crippen molar-refractivity contribution in [2.45, 2.75) is 25.7 Å². The fraction of sp³-hybridized carbons (Fsp3) is 0.462. The monoisotopic (exact) mass is 288 g/mol. The Morgan fingerprint density at radius 3 is 2.33 bits per heavy atom. The molecule has 2 N–H and O–H groups in total. The molecule has 5 heteroatoms. The quantitative estimate of drug-likeness (QED) is 0.806. The molecule has 0 bridgehead atoms. The highest BCUT2D eigenvalue weighted by Gasteiger charge is 2.17. The first kappa shape index (κ1) is 15.1. The van der Waals surface area contributed by atoms with Crippen LogP contribution in [0.3, 0.4) is 0 Å². The minimum Gasteiger partial charge on any atom is -0.398 e. The first-order valence-corrected chi connectivity index (χ1v) is 6.40. The van der Waals surface area contributed by atoms with E-state index in [0.717, 1.165) is 25.9 Å². The maximum Gasteiger partial charge on any atom is 0.253 e. The molecule has 18 heavy (non-hydrogen) atoms. The fourth-order valence-electron chi connectivity index (χ4n) is 2.13. The first-order valence-electron chi connectivity index (χ1n) is 6.03. The van der Waals surface area contributed by atoms with Crippen molar-refractivity contribution in [2.24, 2.45) is 0 Å². The average Bonchev–Trinajstić information content (AvgIpc) is 2.60. The van der Waals surface area contributed by atoms with Crippen molar-refractivity contribution in [3.63, 3.8) is 0 Å². The van der Waals surface area contributed by atoms with E-state index in [2.05, 4.69) is 0 Å². The second kappa shape index (κ2) is 6.86. The summed E-state index contributed by atoms with van der Waals surface area (Å²) in [4.78, 5) is 14.2. The zero-order chi connectivity index (χ0) is 12.3. The maximum absolute atomic E-state index is 12.2. The molecule has 1 aromatic rings. The van der Waals surface area contributed by atoms with Crippen LogP contribution >= 0.6 is 24.0 Å². The van der Waals surface area contributed by atoms with E-state index >= 15 is 0 Å². The Labute approximate surface area is 119 Å². The number of benzene rings is 1. The van der Waals surface area contributed by atoms with Gasteiger partial charge in [-0.15, -0.1) is 12.4 Å². The topological polar surface area (TPSA) is 46.3 Å².